The molecule has 0 aliphatic rings. The van der Waals surface area contributed by atoms with Gasteiger partial charge in [0, 0.05) is 10.9 Å². The second-order valence-electron chi connectivity index (χ2n) is 6.52. The fourth-order valence-corrected chi connectivity index (χ4v) is 3.75. The van der Waals surface area contributed by atoms with Crippen molar-refractivity contribution < 1.29 is 17.2 Å². The predicted molar refractivity (Wildman–Crippen MR) is 105 cm³/mol. The van der Waals surface area contributed by atoms with Crippen LogP contribution in [0.5, 0.6) is 0 Å². The van der Waals surface area contributed by atoms with E-state index in [0.717, 1.165) is 4.57 Å². The number of anilines is 1. The zero-order valence-electron chi connectivity index (χ0n) is 15.0. The minimum Gasteiger partial charge on any atom is -0.397 e. The third-order valence-corrected chi connectivity index (χ3v) is 5.51. The minimum absolute atomic E-state index is 0.152. The van der Waals surface area contributed by atoms with Crippen molar-refractivity contribution in [3.8, 4) is 0 Å². The number of nitrogens with one attached hydrogen (secondary N) is 1. The van der Waals surface area contributed by atoms with Gasteiger partial charge in [0.25, 0.3) is 0 Å². The highest BCUT2D eigenvalue weighted by Gasteiger charge is 2.20. The molecule has 0 atom stereocenters. The smallest absolute Gasteiger partial charge is 0.317 e. The molecule has 12 heteroatoms. The third-order valence-electron chi connectivity index (χ3n) is 4.62. The SMILES string of the molecule is Nc1cccc2c1ncc1[nH]c(=O)c(=O)n(Cc3c(F)cc(S(N)(=O)=O)cc3F)c12. The largest absolute Gasteiger partial charge is 0.397 e. The van der Waals surface area contributed by atoms with E-state index >= 15 is 0 Å². The van der Waals surface area contributed by atoms with Gasteiger partial charge >= 0.3 is 11.1 Å². The van der Waals surface area contributed by atoms with Gasteiger partial charge in [-0.05, 0) is 18.2 Å². The lowest BCUT2D eigenvalue weighted by molar-refractivity contribution is 0.534. The van der Waals surface area contributed by atoms with Crippen LogP contribution in [0.15, 0.2) is 51.0 Å². The van der Waals surface area contributed by atoms with E-state index in [9.17, 15) is 26.8 Å². The summed E-state index contributed by atoms with van der Waals surface area (Å²) in [5.41, 5.74) is 4.15. The average Bonchev–Trinajstić information content (AvgIpc) is 2.66. The van der Waals surface area contributed by atoms with E-state index in [-0.39, 0.29) is 11.0 Å². The summed E-state index contributed by atoms with van der Waals surface area (Å²) >= 11 is 0. The molecular weight excluding hydrogens is 420 g/mol. The van der Waals surface area contributed by atoms with Crippen molar-refractivity contribution in [2.75, 3.05) is 5.73 Å². The number of hydrogen-bond donors (Lipinski definition) is 3. The van der Waals surface area contributed by atoms with Gasteiger partial charge in [-0.1, -0.05) is 12.1 Å². The van der Waals surface area contributed by atoms with Gasteiger partial charge < -0.3 is 10.7 Å². The van der Waals surface area contributed by atoms with Gasteiger partial charge in [0.15, 0.2) is 0 Å². The number of hydrogen-bond acceptors (Lipinski definition) is 6. The Morgan fingerprint density at radius 3 is 2.43 bits per heavy atom. The Hall–Kier alpha value is -3.64. The van der Waals surface area contributed by atoms with Gasteiger partial charge in [-0.25, -0.2) is 22.3 Å². The molecule has 0 spiro atoms. The zero-order chi connectivity index (χ0) is 21.8. The number of nitrogen functional groups attached to an aromatic ring is 1. The minimum atomic E-state index is -4.35. The number of sulfonamides is 1. The van der Waals surface area contributed by atoms with Gasteiger partial charge in [-0.15, -0.1) is 0 Å². The number of benzene rings is 2. The van der Waals surface area contributed by atoms with Gasteiger partial charge in [0.1, 0.15) is 11.6 Å². The molecule has 0 aliphatic carbocycles. The van der Waals surface area contributed by atoms with Crippen LogP contribution >= 0.6 is 0 Å². The van der Waals surface area contributed by atoms with Crippen LogP contribution in [0.2, 0.25) is 0 Å². The summed E-state index contributed by atoms with van der Waals surface area (Å²) in [6, 6.07) is 5.87. The molecule has 9 nitrogen and oxygen atoms in total. The lowest BCUT2D eigenvalue weighted by atomic mass is 10.1. The monoisotopic (exact) mass is 433 g/mol. The highest BCUT2D eigenvalue weighted by molar-refractivity contribution is 7.89. The van der Waals surface area contributed by atoms with Crippen molar-refractivity contribution in [3.63, 3.8) is 0 Å². The van der Waals surface area contributed by atoms with Crippen LogP contribution in [0.25, 0.3) is 21.9 Å². The van der Waals surface area contributed by atoms with Crippen molar-refractivity contribution in [2.45, 2.75) is 11.4 Å². The number of nitrogens with two attached hydrogens (primary N) is 2. The number of rotatable bonds is 3. The normalized spacial score (nSPS) is 12.0. The second kappa shape index (κ2) is 6.71. The summed E-state index contributed by atoms with van der Waals surface area (Å²) in [5, 5.41) is 5.29. The Balaban J connectivity index is 2.05. The van der Waals surface area contributed by atoms with Crippen molar-refractivity contribution in [1.82, 2.24) is 14.5 Å². The summed E-state index contributed by atoms with van der Waals surface area (Å²) < 4.78 is 52.7. The number of fused-ring (bicyclic) bond motifs is 3. The molecule has 2 aromatic carbocycles. The first-order valence-electron chi connectivity index (χ1n) is 8.38. The fraction of sp³-hybridized carbons (Fsp3) is 0.0556. The zero-order valence-corrected chi connectivity index (χ0v) is 15.8. The summed E-state index contributed by atoms with van der Waals surface area (Å²) in [6.45, 7) is -0.685. The molecule has 0 amide bonds. The lowest BCUT2D eigenvalue weighted by Gasteiger charge is -2.14. The summed E-state index contributed by atoms with van der Waals surface area (Å²) in [5.74, 6) is -2.48. The maximum atomic E-state index is 14.5. The molecule has 4 rings (SSSR count). The highest BCUT2D eigenvalue weighted by atomic mass is 32.2. The van der Waals surface area contributed by atoms with E-state index in [2.05, 4.69) is 9.97 Å². The van der Waals surface area contributed by atoms with Crippen LogP contribution in [0, 0.1) is 11.6 Å². The highest BCUT2D eigenvalue weighted by Crippen LogP contribution is 2.26. The Morgan fingerprint density at radius 1 is 1.13 bits per heavy atom. The van der Waals surface area contributed by atoms with Gasteiger partial charge in [-0.3, -0.25) is 19.1 Å². The van der Waals surface area contributed by atoms with E-state index in [1.165, 1.54) is 6.20 Å². The van der Waals surface area contributed by atoms with Crippen LogP contribution in [-0.2, 0) is 16.6 Å². The van der Waals surface area contributed by atoms with Crippen molar-refractivity contribution in [2.24, 2.45) is 5.14 Å². The van der Waals surface area contributed by atoms with E-state index in [0.29, 0.717) is 28.7 Å². The van der Waals surface area contributed by atoms with E-state index < -0.39 is 49.8 Å². The standard InChI is InChI=1S/C18H13F2N5O4S/c19-11-4-8(30(22,28)29)5-12(20)10(11)7-25-16-9-2-1-3-13(21)15(9)23-6-14(16)24-17(26)18(25)27/h1-6H,7,21H2,(H,24,26)(H2,22,28,29). The Bertz CT molecular complexity index is 1550. The van der Waals surface area contributed by atoms with E-state index in [1.807, 2.05) is 0 Å². The number of H-pyrrole nitrogens is 1. The molecule has 2 aromatic heterocycles. The number of pyridine rings is 1. The lowest BCUT2D eigenvalue weighted by Crippen LogP contribution is -2.37. The number of aromatic amines is 1. The van der Waals surface area contributed by atoms with Crippen LogP contribution in [0.1, 0.15) is 5.56 Å². The number of primary sulfonamides is 1. The summed E-state index contributed by atoms with van der Waals surface area (Å²) in [4.78, 5) is 30.4. The van der Waals surface area contributed by atoms with Crippen molar-refractivity contribution in [1.29, 1.82) is 0 Å². The molecule has 0 fully saturated rings. The number of nitrogens with zero attached hydrogens (tertiary/aromatic N) is 2. The van der Waals surface area contributed by atoms with Gasteiger partial charge in [-0.2, -0.15) is 0 Å². The molecule has 0 aliphatic heterocycles. The maximum Gasteiger partial charge on any atom is 0.317 e. The van der Waals surface area contributed by atoms with Gasteiger partial charge in [0.05, 0.1) is 39.9 Å². The van der Waals surface area contributed by atoms with E-state index in [4.69, 9.17) is 10.9 Å². The molecule has 0 saturated carbocycles. The summed E-state index contributed by atoms with van der Waals surface area (Å²) in [6.07, 6.45) is 1.28. The van der Waals surface area contributed by atoms with Crippen molar-refractivity contribution in [3.05, 3.63) is 74.4 Å². The van der Waals surface area contributed by atoms with Crippen LogP contribution in [0.4, 0.5) is 14.5 Å². The van der Waals surface area contributed by atoms with Crippen LogP contribution in [-0.4, -0.2) is 23.0 Å². The maximum absolute atomic E-state index is 14.5. The molecule has 4 aromatic rings. The quantitative estimate of drug-likeness (QED) is 0.247. The predicted octanol–water partition coefficient (Wildman–Crippen LogP) is 0.794. The molecular formula is C18H13F2N5O4S. The number of aromatic nitrogens is 3. The van der Waals surface area contributed by atoms with E-state index in [1.54, 1.807) is 18.2 Å². The Labute approximate surface area is 166 Å². The third kappa shape index (κ3) is 3.11. The first kappa shape index (κ1) is 19.7. The van der Waals surface area contributed by atoms with Gasteiger partial charge in [0.2, 0.25) is 10.0 Å². The second-order valence-corrected chi connectivity index (χ2v) is 8.08. The molecule has 30 heavy (non-hydrogen) atoms. The number of para-hydroxylation sites is 1. The fourth-order valence-electron chi connectivity index (χ4n) is 3.22. The molecule has 154 valence electrons. The Morgan fingerprint density at radius 2 is 1.80 bits per heavy atom. The molecule has 2 heterocycles. The first-order valence-corrected chi connectivity index (χ1v) is 9.93. The van der Waals surface area contributed by atoms with Crippen LogP contribution in [0.3, 0.4) is 0 Å². The molecule has 0 bridgehead atoms. The summed E-state index contributed by atoms with van der Waals surface area (Å²) in [7, 11) is -4.35. The molecule has 0 radical (unpaired) electrons. The molecule has 0 saturated heterocycles. The molecule has 0 unspecified atom stereocenters. The van der Waals surface area contributed by atoms with Crippen LogP contribution < -0.4 is 22.0 Å². The number of halogens is 2. The molecule has 5 N–H and O–H groups in total. The first-order chi connectivity index (χ1) is 14.1. The average molecular weight is 433 g/mol. The topological polar surface area (TPSA) is 154 Å². The Kier molecular flexibility index (Phi) is 4.40. The van der Waals surface area contributed by atoms with Crippen molar-refractivity contribution >= 4 is 37.6 Å².